The van der Waals surface area contributed by atoms with E-state index >= 15 is 0 Å². The highest BCUT2D eigenvalue weighted by Gasteiger charge is 2.33. The molecule has 0 aliphatic rings. The van der Waals surface area contributed by atoms with E-state index < -0.39 is 41.2 Å². The molecule has 1 unspecified atom stereocenters. The predicted molar refractivity (Wildman–Crippen MR) is 116 cm³/mol. The Bertz CT molecular complexity index is 657. The van der Waals surface area contributed by atoms with Gasteiger partial charge in [-0.3, -0.25) is 24.0 Å². The van der Waals surface area contributed by atoms with Crippen molar-refractivity contribution in [1.82, 2.24) is 21.3 Å². The largest absolute Gasteiger partial charge is 0.481 e. The van der Waals surface area contributed by atoms with Gasteiger partial charge >= 0.3 is 5.97 Å². The number of carboxylic acids is 1. The molecule has 0 bridgehead atoms. The maximum Gasteiger partial charge on any atom is 0.304 e. The summed E-state index contributed by atoms with van der Waals surface area (Å²) >= 11 is 0. The number of rotatable bonds is 13. The SMILES string of the molecule is CC(C)C(=O)[C@H](C)NC(=O)[C@H](C)NCCNC(=O)CNC(=O)C(CC(=O)O)C(C)(C)C. The molecule has 0 aromatic carbocycles. The number of ketones is 1. The summed E-state index contributed by atoms with van der Waals surface area (Å²) < 4.78 is 0. The van der Waals surface area contributed by atoms with Crippen LogP contribution in [0.15, 0.2) is 0 Å². The fourth-order valence-electron chi connectivity index (χ4n) is 2.81. The molecular weight excluding hydrogens is 404 g/mol. The highest BCUT2D eigenvalue weighted by atomic mass is 16.4. The van der Waals surface area contributed by atoms with Gasteiger partial charge in [0.2, 0.25) is 17.7 Å². The van der Waals surface area contributed by atoms with Crippen LogP contribution in [0.4, 0.5) is 0 Å². The van der Waals surface area contributed by atoms with E-state index in [1.807, 2.05) is 0 Å². The molecule has 0 rings (SSSR count). The first-order valence-corrected chi connectivity index (χ1v) is 10.5. The van der Waals surface area contributed by atoms with E-state index in [0.29, 0.717) is 6.54 Å². The lowest BCUT2D eigenvalue weighted by atomic mass is 9.78. The Morgan fingerprint density at radius 3 is 1.90 bits per heavy atom. The highest BCUT2D eigenvalue weighted by molar-refractivity contribution is 5.91. The summed E-state index contributed by atoms with van der Waals surface area (Å²) in [4.78, 5) is 59.1. The summed E-state index contributed by atoms with van der Waals surface area (Å²) in [5, 5.41) is 19.7. The average molecular weight is 443 g/mol. The molecular formula is C21H38N4O6. The molecule has 0 heterocycles. The molecule has 0 spiro atoms. The number of hydrogen-bond acceptors (Lipinski definition) is 6. The van der Waals surface area contributed by atoms with Crippen LogP contribution in [-0.2, 0) is 24.0 Å². The zero-order valence-corrected chi connectivity index (χ0v) is 19.6. The van der Waals surface area contributed by atoms with Crippen molar-refractivity contribution < 1.29 is 29.1 Å². The van der Waals surface area contributed by atoms with Crippen LogP contribution in [0.5, 0.6) is 0 Å². The second-order valence-corrected chi connectivity index (χ2v) is 9.05. The van der Waals surface area contributed by atoms with Gasteiger partial charge in [-0.1, -0.05) is 34.6 Å². The molecule has 0 radical (unpaired) electrons. The third-order valence-corrected chi connectivity index (χ3v) is 4.81. The van der Waals surface area contributed by atoms with Gasteiger partial charge in [-0.05, 0) is 19.3 Å². The molecule has 0 saturated carbocycles. The van der Waals surface area contributed by atoms with Gasteiger partial charge in [-0.2, -0.15) is 0 Å². The van der Waals surface area contributed by atoms with E-state index in [1.165, 1.54) is 0 Å². The Labute approximate surface area is 184 Å². The molecule has 0 aliphatic carbocycles. The van der Waals surface area contributed by atoms with Crippen LogP contribution in [0.1, 0.15) is 54.9 Å². The summed E-state index contributed by atoms with van der Waals surface area (Å²) in [7, 11) is 0. The Morgan fingerprint density at radius 1 is 0.839 bits per heavy atom. The molecule has 0 saturated heterocycles. The van der Waals surface area contributed by atoms with E-state index in [0.717, 1.165) is 0 Å². The van der Waals surface area contributed by atoms with Gasteiger partial charge in [-0.25, -0.2) is 0 Å². The Balaban J connectivity index is 4.29. The van der Waals surface area contributed by atoms with Gasteiger partial charge < -0.3 is 26.4 Å². The Morgan fingerprint density at radius 2 is 1.42 bits per heavy atom. The molecule has 0 aromatic heterocycles. The zero-order valence-electron chi connectivity index (χ0n) is 19.6. The molecule has 0 aromatic rings. The third-order valence-electron chi connectivity index (χ3n) is 4.81. The number of aliphatic carboxylic acids is 1. The van der Waals surface area contributed by atoms with Crippen LogP contribution in [0.3, 0.4) is 0 Å². The van der Waals surface area contributed by atoms with Crippen molar-refractivity contribution in [2.24, 2.45) is 17.3 Å². The van der Waals surface area contributed by atoms with Crippen molar-refractivity contribution in [3.05, 3.63) is 0 Å². The molecule has 10 heteroatoms. The van der Waals surface area contributed by atoms with Gasteiger partial charge in [0.1, 0.15) is 0 Å². The number of Topliss-reactive ketones (excluding diaryl/α,β-unsaturated/α-hetero) is 1. The minimum Gasteiger partial charge on any atom is -0.481 e. The number of carbonyl (C=O) groups is 5. The highest BCUT2D eigenvalue weighted by Crippen LogP contribution is 2.28. The summed E-state index contributed by atoms with van der Waals surface area (Å²) in [5.41, 5.74) is -0.559. The maximum atomic E-state index is 12.3. The fraction of sp³-hybridized carbons (Fsp3) is 0.762. The number of hydrogen-bond donors (Lipinski definition) is 5. The van der Waals surface area contributed by atoms with Crippen LogP contribution in [-0.4, -0.2) is 66.3 Å². The van der Waals surface area contributed by atoms with Crippen molar-refractivity contribution in [1.29, 1.82) is 0 Å². The first-order chi connectivity index (χ1) is 14.2. The summed E-state index contributed by atoms with van der Waals surface area (Å²) in [5.74, 6) is -3.28. The fourth-order valence-corrected chi connectivity index (χ4v) is 2.81. The minimum atomic E-state index is -1.08. The molecule has 5 N–H and O–H groups in total. The van der Waals surface area contributed by atoms with Crippen molar-refractivity contribution >= 4 is 29.5 Å². The Kier molecular flexibility index (Phi) is 12.0. The smallest absolute Gasteiger partial charge is 0.304 e. The topological polar surface area (TPSA) is 154 Å². The number of carbonyl (C=O) groups excluding carboxylic acids is 4. The third kappa shape index (κ3) is 11.5. The minimum absolute atomic E-state index is 0.0492. The standard InChI is InChI=1S/C21H38N4O6/c1-12(2)18(29)13(3)25-19(30)14(4)22-8-9-23-16(26)11-24-20(31)15(10-17(27)28)21(5,6)7/h12-15,22H,8-11H2,1-7H3,(H,23,26)(H,24,31)(H,25,30)(H,27,28)/t13-,14-,15?/m0/s1. The molecule has 10 nitrogen and oxygen atoms in total. The predicted octanol–water partition coefficient (Wildman–Crippen LogP) is 0.0637. The van der Waals surface area contributed by atoms with Gasteiger partial charge in [0.25, 0.3) is 0 Å². The van der Waals surface area contributed by atoms with Gasteiger partial charge in [0.15, 0.2) is 5.78 Å². The van der Waals surface area contributed by atoms with Crippen molar-refractivity contribution in [3.8, 4) is 0 Å². The number of nitrogens with one attached hydrogen (secondary N) is 4. The molecule has 3 amide bonds. The first-order valence-electron chi connectivity index (χ1n) is 10.5. The lowest BCUT2D eigenvalue weighted by Crippen LogP contribution is -2.50. The zero-order chi connectivity index (χ0) is 24.4. The second kappa shape index (κ2) is 13.0. The lowest BCUT2D eigenvalue weighted by molar-refractivity contribution is -0.143. The normalized spacial score (nSPS) is 14.3. The van der Waals surface area contributed by atoms with E-state index in [1.54, 1.807) is 48.5 Å². The van der Waals surface area contributed by atoms with Crippen LogP contribution >= 0.6 is 0 Å². The number of carboxylic acid groups (broad SMARTS) is 1. The van der Waals surface area contributed by atoms with Crippen LogP contribution in [0.2, 0.25) is 0 Å². The van der Waals surface area contributed by atoms with Crippen LogP contribution in [0.25, 0.3) is 0 Å². The maximum absolute atomic E-state index is 12.3. The number of amides is 3. The van der Waals surface area contributed by atoms with Gasteiger partial charge in [0, 0.05) is 19.0 Å². The summed E-state index contributed by atoms with van der Waals surface area (Å²) in [6.45, 7) is 12.4. The van der Waals surface area contributed by atoms with E-state index in [2.05, 4.69) is 21.3 Å². The van der Waals surface area contributed by atoms with Gasteiger partial charge in [0.05, 0.1) is 31.0 Å². The van der Waals surface area contributed by atoms with Crippen LogP contribution in [0, 0.1) is 17.3 Å². The second-order valence-electron chi connectivity index (χ2n) is 9.05. The monoisotopic (exact) mass is 442 g/mol. The molecule has 31 heavy (non-hydrogen) atoms. The first kappa shape index (κ1) is 28.5. The lowest BCUT2D eigenvalue weighted by Gasteiger charge is -2.28. The molecule has 3 atom stereocenters. The molecule has 0 aliphatic heterocycles. The summed E-state index contributed by atoms with van der Waals surface area (Å²) in [6, 6.07) is -1.12. The molecule has 0 fully saturated rings. The van der Waals surface area contributed by atoms with E-state index in [4.69, 9.17) is 5.11 Å². The quantitative estimate of drug-likeness (QED) is 0.253. The van der Waals surface area contributed by atoms with Crippen LogP contribution < -0.4 is 21.3 Å². The van der Waals surface area contributed by atoms with Crippen molar-refractivity contribution in [2.75, 3.05) is 19.6 Å². The molecule has 178 valence electrons. The van der Waals surface area contributed by atoms with Crippen molar-refractivity contribution in [2.45, 2.75) is 67.0 Å². The summed E-state index contributed by atoms with van der Waals surface area (Å²) in [6.07, 6.45) is -0.317. The van der Waals surface area contributed by atoms with Gasteiger partial charge in [-0.15, -0.1) is 0 Å². The Hall–Kier alpha value is -2.49. The van der Waals surface area contributed by atoms with E-state index in [-0.39, 0.29) is 37.1 Å². The van der Waals surface area contributed by atoms with Crippen molar-refractivity contribution in [3.63, 3.8) is 0 Å². The van der Waals surface area contributed by atoms with E-state index in [9.17, 15) is 24.0 Å². The average Bonchev–Trinajstić information content (AvgIpc) is 2.65.